The van der Waals surface area contributed by atoms with Crippen LogP contribution in [0.2, 0.25) is 38.1 Å². The molecule has 0 amide bonds. The Morgan fingerprint density at radius 3 is 2.35 bits per heavy atom. The van der Waals surface area contributed by atoms with Crippen molar-refractivity contribution >= 4 is 14.6 Å². The summed E-state index contributed by atoms with van der Waals surface area (Å²) in [5.74, 6) is 0. The minimum atomic E-state index is -1.95. The lowest BCUT2D eigenvalue weighted by molar-refractivity contribution is -0.548. The van der Waals surface area contributed by atoms with Crippen LogP contribution >= 0.6 is 0 Å². The molecule has 0 fully saturated rings. The van der Waals surface area contributed by atoms with Crippen molar-refractivity contribution in [2.45, 2.75) is 78.3 Å². The highest BCUT2D eigenvalue weighted by Crippen LogP contribution is 2.23. The molecule has 1 aromatic rings. The number of imidazole rings is 1. The Labute approximate surface area is 126 Å². The number of nitrogens with zero attached hydrogens (tertiary/aromatic N) is 2. The van der Waals surface area contributed by atoms with Crippen LogP contribution in [0.25, 0.3) is 0 Å². The van der Waals surface area contributed by atoms with Gasteiger partial charge in [0.05, 0.1) is 12.7 Å². The Morgan fingerprint density at radius 1 is 1.20 bits per heavy atom. The van der Waals surface area contributed by atoms with Crippen LogP contribution in [0.15, 0.2) is 18.7 Å². The van der Waals surface area contributed by atoms with Gasteiger partial charge in [-0.1, -0.05) is 33.2 Å². The van der Waals surface area contributed by atoms with E-state index in [0.717, 1.165) is 18.9 Å². The van der Waals surface area contributed by atoms with Gasteiger partial charge in [0.25, 0.3) is 0 Å². The van der Waals surface area contributed by atoms with Gasteiger partial charge in [-0.05, 0) is 19.5 Å². The molecule has 3 nitrogen and oxygen atoms in total. The third kappa shape index (κ3) is 4.78. The average molecular weight is 296 g/mol. The molecule has 0 aliphatic heterocycles. The van der Waals surface area contributed by atoms with Crippen LogP contribution < -0.4 is 4.48 Å². The van der Waals surface area contributed by atoms with E-state index in [9.17, 15) is 4.80 Å². The number of hydrogen-bond acceptors (Lipinski definition) is 1. The summed E-state index contributed by atoms with van der Waals surface area (Å²) in [5.41, 5.74) is 0. The van der Waals surface area contributed by atoms with Crippen molar-refractivity contribution in [3.63, 3.8) is 0 Å². The summed E-state index contributed by atoms with van der Waals surface area (Å²) in [6.07, 6.45) is 12.2. The van der Waals surface area contributed by atoms with E-state index in [4.69, 9.17) is 0 Å². The molecule has 0 aromatic carbocycles. The fourth-order valence-electron chi connectivity index (χ4n) is 3.10. The molecule has 0 spiro atoms. The molecule has 0 saturated heterocycles. The predicted molar refractivity (Wildman–Crippen MR) is 91.0 cm³/mol. The number of hydrogen-bond donors (Lipinski definition) is 1. The number of rotatable bonds is 9. The lowest BCUT2D eigenvalue weighted by Gasteiger charge is -2.35. The topological polar surface area (TPSA) is 29.0 Å². The molecule has 20 heavy (non-hydrogen) atoms. The van der Waals surface area contributed by atoms with Gasteiger partial charge in [0.15, 0.2) is 20.9 Å². The van der Waals surface area contributed by atoms with Gasteiger partial charge in [0.2, 0.25) is 0 Å². The van der Waals surface area contributed by atoms with Crippen LogP contribution in [0, 0.1) is 0 Å². The summed E-state index contributed by atoms with van der Waals surface area (Å²) < 4.78 is 4.77. The van der Waals surface area contributed by atoms with Crippen molar-refractivity contribution in [2.24, 2.45) is 0 Å². The quantitative estimate of drug-likeness (QED) is 0.693. The van der Waals surface area contributed by atoms with Crippen LogP contribution in [0.3, 0.4) is 0 Å². The highest BCUT2D eigenvalue weighted by Gasteiger charge is 2.31. The molecule has 0 unspecified atom stereocenters. The number of aryl methyl sites for hydroxylation is 1. The van der Waals surface area contributed by atoms with Gasteiger partial charge in [-0.25, -0.2) is 4.57 Å². The van der Waals surface area contributed by atoms with Gasteiger partial charge in [-0.15, -0.1) is 19.0 Å². The van der Waals surface area contributed by atoms with E-state index in [0.29, 0.717) is 0 Å². The molecule has 0 saturated carbocycles. The molecular weight excluding hydrogens is 263 g/mol. The Kier molecular flexibility index (Phi) is 6.53. The summed E-state index contributed by atoms with van der Waals surface area (Å²) in [6, 6.07) is 1.00. The first-order valence-electron chi connectivity index (χ1n) is 8.36. The summed E-state index contributed by atoms with van der Waals surface area (Å²) in [7, 11) is -1.95. The van der Waals surface area contributed by atoms with E-state index in [2.05, 4.69) is 61.6 Å². The maximum Gasteiger partial charge on any atom is 0.196 e. The van der Waals surface area contributed by atoms with Gasteiger partial charge in [-0.2, -0.15) is 0 Å². The maximum atomic E-state index is 10.2. The summed E-state index contributed by atoms with van der Waals surface area (Å²) in [5, 5.41) is 0. The van der Waals surface area contributed by atoms with Gasteiger partial charge in [-0.3, -0.25) is 0 Å². The van der Waals surface area contributed by atoms with Crippen molar-refractivity contribution in [1.29, 1.82) is 0 Å². The largest absolute Gasteiger partial charge is 0.435 e. The molecule has 0 bridgehead atoms. The van der Waals surface area contributed by atoms with Crippen molar-refractivity contribution in [3.8, 4) is 0 Å². The first-order valence-corrected chi connectivity index (χ1v) is 11.5. The summed E-state index contributed by atoms with van der Waals surface area (Å²) in [4.78, 5) is 10.2. The molecule has 0 atom stereocenters. The van der Waals surface area contributed by atoms with Gasteiger partial charge in [0, 0.05) is 0 Å². The number of unbranched alkanes of at least 4 members (excludes halogenated alkanes) is 1. The van der Waals surface area contributed by atoms with Crippen LogP contribution in [0.4, 0.5) is 0 Å². The molecule has 1 heterocycles. The van der Waals surface area contributed by atoms with E-state index in [1.807, 2.05) is 0 Å². The first kappa shape index (κ1) is 17.5. The fourth-order valence-corrected chi connectivity index (χ4v) is 4.34. The maximum absolute atomic E-state index is 10.2. The Hall–Kier alpha value is -0.548. The molecule has 1 rings (SSSR count). The lowest BCUT2D eigenvalue weighted by Crippen LogP contribution is -2.63. The molecule has 116 valence electrons. The van der Waals surface area contributed by atoms with Gasteiger partial charge >= 0.3 is 0 Å². The predicted octanol–water partition coefficient (Wildman–Crippen LogP) is 3.61. The van der Waals surface area contributed by atoms with Crippen LogP contribution in [-0.4, -0.2) is 24.0 Å². The molecular formula is C15H33BN2OSi. The second-order valence-corrected chi connectivity index (χ2v) is 11.2. The molecule has 0 radical (unpaired) electrons. The highest BCUT2D eigenvalue weighted by molar-refractivity contribution is 6.76. The molecule has 1 N–H and O–H groups in total. The van der Waals surface area contributed by atoms with Gasteiger partial charge < -0.3 is 9.27 Å². The molecule has 1 aromatic heterocycles. The normalized spacial score (nSPS) is 12.9. The fraction of sp³-hybridized carbons (Fsp3) is 0.800. The van der Waals surface area contributed by atoms with Crippen molar-refractivity contribution < 1.29 is 9.27 Å². The van der Waals surface area contributed by atoms with Crippen molar-refractivity contribution in [1.82, 2.24) is 4.57 Å². The zero-order valence-electron chi connectivity index (χ0n) is 14.1. The van der Waals surface area contributed by atoms with E-state index in [1.54, 1.807) is 0 Å². The van der Waals surface area contributed by atoms with E-state index in [-0.39, 0.29) is 0 Å². The monoisotopic (exact) mass is 296 g/mol. The van der Waals surface area contributed by atoms with Crippen LogP contribution in [0.5, 0.6) is 0 Å². The SMILES string of the molecule is CCCCn1cc[n+]([B-](CC)(CC)CC[Si](C)(C)O)c1. The Balaban J connectivity index is 2.85. The average Bonchev–Trinajstić information content (AvgIpc) is 2.86. The highest BCUT2D eigenvalue weighted by atomic mass is 28.4. The first-order chi connectivity index (χ1) is 9.37. The van der Waals surface area contributed by atoms with Crippen LogP contribution in [0.1, 0.15) is 33.6 Å². The van der Waals surface area contributed by atoms with Gasteiger partial charge in [0.1, 0.15) is 6.20 Å². The molecule has 0 aliphatic carbocycles. The van der Waals surface area contributed by atoms with Crippen LogP contribution in [-0.2, 0) is 6.54 Å². The van der Waals surface area contributed by atoms with Crippen molar-refractivity contribution in [3.05, 3.63) is 18.7 Å². The minimum Gasteiger partial charge on any atom is -0.435 e. The zero-order chi connectivity index (χ0) is 15.2. The second kappa shape index (κ2) is 7.46. The molecule has 5 heteroatoms. The zero-order valence-corrected chi connectivity index (χ0v) is 15.1. The van der Waals surface area contributed by atoms with E-state index in [1.165, 1.54) is 25.5 Å². The second-order valence-electron chi connectivity index (χ2n) is 7.03. The summed E-state index contributed by atoms with van der Waals surface area (Å²) >= 11 is 0. The minimum absolute atomic E-state index is 0.571. The standard InChI is InChI=1S/C15H33BN2OSi/c1-6-9-11-17-12-13-18(15-17)16(7-2,8-3)10-14-20(4,5)19/h12-13,15,19H,6-11,14H2,1-5H3. The van der Waals surface area contributed by atoms with E-state index < -0.39 is 14.6 Å². The smallest absolute Gasteiger partial charge is 0.196 e. The number of aromatic nitrogens is 2. The summed E-state index contributed by atoms with van der Waals surface area (Å²) in [6.45, 7) is 12.0. The lowest BCUT2D eigenvalue weighted by atomic mass is 9.30. The van der Waals surface area contributed by atoms with E-state index >= 15 is 0 Å². The molecule has 0 aliphatic rings. The Morgan fingerprint density at radius 2 is 1.85 bits per heavy atom. The third-order valence-corrected chi connectivity index (χ3v) is 6.44. The third-order valence-electron chi connectivity index (χ3n) is 4.93. The Bertz CT molecular complexity index is 397. The van der Waals surface area contributed by atoms with Crippen molar-refractivity contribution in [2.75, 3.05) is 0 Å².